The molecule has 1 unspecified atom stereocenters. The monoisotopic (exact) mass is 305 g/mol. The Balaban J connectivity index is 2.39. The van der Waals surface area contributed by atoms with E-state index in [0.717, 1.165) is 31.0 Å². The van der Waals surface area contributed by atoms with Gasteiger partial charge in [0.2, 0.25) is 0 Å². The predicted octanol–water partition coefficient (Wildman–Crippen LogP) is 4.34. The van der Waals surface area contributed by atoms with Crippen molar-refractivity contribution in [3.63, 3.8) is 0 Å². The summed E-state index contributed by atoms with van der Waals surface area (Å²) in [5, 5.41) is 8.89. The van der Waals surface area contributed by atoms with Crippen molar-refractivity contribution in [1.29, 1.82) is 0 Å². The molecule has 4 heteroatoms. The molecule has 21 heavy (non-hydrogen) atoms. The molecule has 0 aliphatic heterocycles. The van der Waals surface area contributed by atoms with E-state index in [1.807, 2.05) is 18.3 Å². The van der Waals surface area contributed by atoms with Crippen LogP contribution in [0.4, 0.5) is 0 Å². The lowest BCUT2D eigenvalue weighted by Crippen LogP contribution is -2.26. The molecule has 0 spiro atoms. The highest BCUT2D eigenvalue weighted by Gasteiger charge is 2.19. The summed E-state index contributed by atoms with van der Waals surface area (Å²) < 4.78 is 2.10. The van der Waals surface area contributed by atoms with Gasteiger partial charge in [-0.05, 0) is 55.6 Å². The fourth-order valence-corrected chi connectivity index (χ4v) is 2.84. The summed E-state index contributed by atoms with van der Waals surface area (Å²) in [6.07, 6.45) is 4.07. The third-order valence-electron chi connectivity index (χ3n) is 3.62. The van der Waals surface area contributed by atoms with Crippen molar-refractivity contribution in [2.24, 2.45) is 0 Å². The standard InChI is InChI=1S/C17H24ClN3/c1-4-9-19-17(15-7-6-14(18)12-13(15)3)16-8-10-20-21(16)11-5-2/h6-8,10,12,17,19H,4-5,9,11H2,1-3H3. The van der Waals surface area contributed by atoms with Gasteiger partial charge in [0.25, 0.3) is 0 Å². The molecule has 2 rings (SSSR count). The Morgan fingerprint density at radius 3 is 2.71 bits per heavy atom. The molecule has 2 aromatic rings. The summed E-state index contributed by atoms with van der Waals surface area (Å²) in [5.74, 6) is 0. The van der Waals surface area contributed by atoms with Gasteiger partial charge in [-0.2, -0.15) is 5.10 Å². The van der Waals surface area contributed by atoms with Crippen LogP contribution < -0.4 is 5.32 Å². The van der Waals surface area contributed by atoms with Crippen molar-refractivity contribution < 1.29 is 0 Å². The maximum atomic E-state index is 6.09. The van der Waals surface area contributed by atoms with Crippen LogP contribution in [0.1, 0.15) is 49.6 Å². The van der Waals surface area contributed by atoms with Gasteiger partial charge in [0.15, 0.2) is 0 Å². The molecular formula is C17H24ClN3. The number of nitrogens with one attached hydrogen (secondary N) is 1. The fourth-order valence-electron chi connectivity index (χ4n) is 2.61. The van der Waals surface area contributed by atoms with Crippen molar-refractivity contribution in [1.82, 2.24) is 15.1 Å². The Hall–Kier alpha value is -1.32. The first kappa shape index (κ1) is 16.1. The van der Waals surface area contributed by atoms with Crippen LogP contribution in [0.5, 0.6) is 0 Å². The summed E-state index contributed by atoms with van der Waals surface area (Å²) in [5.41, 5.74) is 3.70. The van der Waals surface area contributed by atoms with E-state index < -0.39 is 0 Å². The first-order valence-corrected chi connectivity index (χ1v) is 8.06. The lowest BCUT2D eigenvalue weighted by Gasteiger charge is -2.22. The number of aromatic nitrogens is 2. The third-order valence-corrected chi connectivity index (χ3v) is 3.86. The Kier molecular flexibility index (Phi) is 5.83. The van der Waals surface area contributed by atoms with Gasteiger partial charge in [0, 0.05) is 17.8 Å². The number of nitrogens with zero attached hydrogens (tertiary/aromatic N) is 2. The first-order chi connectivity index (χ1) is 10.2. The average Bonchev–Trinajstić information content (AvgIpc) is 2.90. The van der Waals surface area contributed by atoms with Crippen LogP contribution in [0.25, 0.3) is 0 Å². The van der Waals surface area contributed by atoms with Crippen LogP contribution in [0.2, 0.25) is 5.02 Å². The van der Waals surface area contributed by atoms with Crippen molar-refractivity contribution >= 4 is 11.6 Å². The molecule has 3 nitrogen and oxygen atoms in total. The topological polar surface area (TPSA) is 29.9 Å². The van der Waals surface area contributed by atoms with E-state index in [-0.39, 0.29) is 6.04 Å². The van der Waals surface area contributed by atoms with Crippen LogP contribution in [0, 0.1) is 6.92 Å². The van der Waals surface area contributed by atoms with Crippen LogP contribution in [0.3, 0.4) is 0 Å². The summed E-state index contributed by atoms with van der Waals surface area (Å²) in [6, 6.07) is 8.38. The molecule has 0 saturated heterocycles. The molecule has 1 atom stereocenters. The molecule has 0 radical (unpaired) electrons. The van der Waals surface area contributed by atoms with E-state index in [4.69, 9.17) is 11.6 Å². The quantitative estimate of drug-likeness (QED) is 0.824. The molecule has 0 amide bonds. The van der Waals surface area contributed by atoms with Crippen LogP contribution in [-0.4, -0.2) is 16.3 Å². The molecule has 0 aliphatic rings. The summed E-state index contributed by atoms with van der Waals surface area (Å²) in [4.78, 5) is 0. The Morgan fingerprint density at radius 2 is 2.05 bits per heavy atom. The zero-order chi connectivity index (χ0) is 15.2. The van der Waals surface area contributed by atoms with Gasteiger partial charge in [-0.1, -0.05) is 31.5 Å². The maximum Gasteiger partial charge on any atom is 0.0750 e. The van der Waals surface area contributed by atoms with Crippen molar-refractivity contribution in [2.45, 2.75) is 46.2 Å². The summed E-state index contributed by atoms with van der Waals surface area (Å²) >= 11 is 6.09. The van der Waals surface area contributed by atoms with E-state index >= 15 is 0 Å². The van der Waals surface area contributed by atoms with Crippen molar-refractivity contribution in [2.75, 3.05) is 6.54 Å². The molecule has 0 saturated carbocycles. The zero-order valence-electron chi connectivity index (χ0n) is 13.1. The predicted molar refractivity (Wildman–Crippen MR) is 88.8 cm³/mol. The number of hydrogen-bond donors (Lipinski definition) is 1. The molecule has 0 bridgehead atoms. The lowest BCUT2D eigenvalue weighted by molar-refractivity contribution is 0.510. The van der Waals surface area contributed by atoms with E-state index in [9.17, 15) is 0 Å². The molecule has 0 aliphatic carbocycles. The van der Waals surface area contributed by atoms with Crippen molar-refractivity contribution in [3.8, 4) is 0 Å². The van der Waals surface area contributed by atoms with Crippen LogP contribution >= 0.6 is 11.6 Å². The molecule has 1 aromatic heterocycles. The normalized spacial score (nSPS) is 12.6. The van der Waals surface area contributed by atoms with Gasteiger partial charge in [-0.3, -0.25) is 4.68 Å². The second-order valence-corrected chi connectivity index (χ2v) is 5.80. The van der Waals surface area contributed by atoms with Gasteiger partial charge >= 0.3 is 0 Å². The number of halogens is 1. The van der Waals surface area contributed by atoms with Crippen LogP contribution in [-0.2, 0) is 6.54 Å². The van der Waals surface area contributed by atoms with E-state index in [1.54, 1.807) is 0 Å². The minimum atomic E-state index is 0.163. The van der Waals surface area contributed by atoms with Gasteiger partial charge in [0.05, 0.1) is 11.7 Å². The Bertz CT molecular complexity index is 577. The highest BCUT2D eigenvalue weighted by molar-refractivity contribution is 6.30. The molecule has 0 fully saturated rings. The van der Waals surface area contributed by atoms with Gasteiger partial charge in [-0.15, -0.1) is 0 Å². The highest BCUT2D eigenvalue weighted by Crippen LogP contribution is 2.27. The molecule has 1 heterocycles. The average molecular weight is 306 g/mol. The first-order valence-electron chi connectivity index (χ1n) is 7.68. The Morgan fingerprint density at radius 1 is 1.24 bits per heavy atom. The number of aryl methyl sites for hydroxylation is 2. The van der Waals surface area contributed by atoms with Crippen molar-refractivity contribution in [3.05, 3.63) is 52.3 Å². The molecule has 1 aromatic carbocycles. The minimum Gasteiger partial charge on any atom is -0.305 e. The number of benzene rings is 1. The zero-order valence-corrected chi connectivity index (χ0v) is 13.8. The third kappa shape index (κ3) is 3.86. The van der Waals surface area contributed by atoms with Gasteiger partial charge in [0.1, 0.15) is 0 Å². The largest absolute Gasteiger partial charge is 0.305 e. The molecular weight excluding hydrogens is 282 g/mol. The highest BCUT2D eigenvalue weighted by atomic mass is 35.5. The lowest BCUT2D eigenvalue weighted by atomic mass is 9.98. The number of hydrogen-bond acceptors (Lipinski definition) is 2. The van der Waals surface area contributed by atoms with E-state index in [2.05, 4.69) is 48.0 Å². The maximum absolute atomic E-state index is 6.09. The fraction of sp³-hybridized carbons (Fsp3) is 0.471. The SMILES string of the molecule is CCCNC(c1ccc(Cl)cc1C)c1ccnn1CCC. The van der Waals surface area contributed by atoms with E-state index in [1.165, 1.54) is 16.8 Å². The smallest absolute Gasteiger partial charge is 0.0750 e. The van der Waals surface area contributed by atoms with Gasteiger partial charge < -0.3 is 5.32 Å². The summed E-state index contributed by atoms with van der Waals surface area (Å²) in [6.45, 7) is 8.39. The van der Waals surface area contributed by atoms with Gasteiger partial charge in [-0.25, -0.2) is 0 Å². The number of rotatable bonds is 7. The minimum absolute atomic E-state index is 0.163. The Labute approximate surface area is 132 Å². The van der Waals surface area contributed by atoms with E-state index in [0.29, 0.717) is 0 Å². The summed E-state index contributed by atoms with van der Waals surface area (Å²) in [7, 11) is 0. The molecule has 114 valence electrons. The second-order valence-electron chi connectivity index (χ2n) is 5.37. The molecule has 1 N–H and O–H groups in total. The van der Waals surface area contributed by atoms with Crippen LogP contribution in [0.15, 0.2) is 30.5 Å². The second kappa shape index (κ2) is 7.62.